The van der Waals surface area contributed by atoms with Gasteiger partial charge in [0.05, 0.1) is 12.0 Å². The van der Waals surface area contributed by atoms with Crippen molar-refractivity contribution in [3.8, 4) is 0 Å². The lowest BCUT2D eigenvalue weighted by Gasteiger charge is -2.23. The summed E-state index contributed by atoms with van der Waals surface area (Å²) in [5, 5.41) is 2.85. The van der Waals surface area contributed by atoms with E-state index in [-0.39, 0.29) is 43.4 Å². The Balaban J connectivity index is 0.00000242. The lowest BCUT2D eigenvalue weighted by molar-refractivity contribution is -0.184. The minimum Gasteiger partial charge on any atom is -0.355 e. The number of halogens is 4. The fourth-order valence-electron chi connectivity index (χ4n) is 2.06. The molecule has 7 heteroatoms. The molecular weight excluding hydrogens is 406 g/mol. The quantitative estimate of drug-likeness (QED) is 0.452. The molecular formula is C15H21F3IN3. The van der Waals surface area contributed by atoms with Gasteiger partial charge in [0.25, 0.3) is 0 Å². The summed E-state index contributed by atoms with van der Waals surface area (Å²) in [7, 11) is 3.54. The van der Waals surface area contributed by atoms with Gasteiger partial charge in [-0.15, -0.1) is 24.0 Å². The first-order valence-corrected chi connectivity index (χ1v) is 6.90. The van der Waals surface area contributed by atoms with Gasteiger partial charge in [0.1, 0.15) is 0 Å². The van der Waals surface area contributed by atoms with Crippen molar-refractivity contribution in [3.63, 3.8) is 0 Å². The van der Waals surface area contributed by atoms with Gasteiger partial charge in [-0.1, -0.05) is 30.3 Å². The Morgan fingerprint density at radius 1 is 1.23 bits per heavy atom. The summed E-state index contributed by atoms with van der Waals surface area (Å²) in [5.74, 6) is 0.481. The second-order valence-electron chi connectivity index (χ2n) is 5.65. The number of hydrogen-bond donors (Lipinski definition) is 1. The van der Waals surface area contributed by atoms with Gasteiger partial charge in [-0.25, -0.2) is 4.99 Å². The molecule has 1 aromatic rings. The molecule has 1 aliphatic rings. The van der Waals surface area contributed by atoms with Gasteiger partial charge in [0.2, 0.25) is 0 Å². The third-order valence-electron chi connectivity index (χ3n) is 3.72. The van der Waals surface area contributed by atoms with Gasteiger partial charge in [0, 0.05) is 20.6 Å². The van der Waals surface area contributed by atoms with E-state index in [1.165, 1.54) is 0 Å². The van der Waals surface area contributed by atoms with Crippen molar-refractivity contribution in [2.45, 2.75) is 25.6 Å². The monoisotopic (exact) mass is 427 g/mol. The normalized spacial score (nSPS) is 16.7. The Kier molecular flexibility index (Phi) is 6.51. The van der Waals surface area contributed by atoms with Crippen molar-refractivity contribution >= 4 is 29.9 Å². The predicted octanol–water partition coefficient (Wildman–Crippen LogP) is 3.65. The maximum absolute atomic E-state index is 12.9. The highest BCUT2D eigenvalue weighted by Gasteiger charge is 2.63. The van der Waals surface area contributed by atoms with Crippen LogP contribution in [0.15, 0.2) is 35.3 Å². The SMILES string of the molecule is CN(C)C(=NCc1ccccc1)NCC1(C(F)(F)F)CC1.I. The summed E-state index contributed by atoms with van der Waals surface area (Å²) in [6.07, 6.45) is -3.75. The fraction of sp³-hybridized carbons (Fsp3) is 0.533. The first-order valence-electron chi connectivity index (χ1n) is 6.90. The Morgan fingerprint density at radius 3 is 2.27 bits per heavy atom. The molecule has 0 aromatic heterocycles. The van der Waals surface area contributed by atoms with E-state index >= 15 is 0 Å². The van der Waals surface area contributed by atoms with Crippen LogP contribution in [0, 0.1) is 5.41 Å². The van der Waals surface area contributed by atoms with Gasteiger partial charge in [-0.3, -0.25) is 0 Å². The number of aliphatic imine (C=N–C) groups is 1. The minimum atomic E-state index is -4.14. The van der Waals surface area contributed by atoms with Crippen molar-refractivity contribution in [2.24, 2.45) is 10.4 Å². The largest absolute Gasteiger partial charge is 0.396 e. The molecule has 0 radical (unpaired) electrons. The highest BCUT2D eigenvalue weighted by Crippen LogP contribution is 2.57. The van der Waals surface area contributed by atoms with E-state index < -0.39 is 11.6 Å². The molecule has 124 valence electrons. The van der Waals surface area contributed by atoms with Crippen LogP contribution in [0.3, 0.4) is 0 Å². The molecule has 2 rings (SSSR count). The molecule has 0 bridgehead atoms. The molecule has 0 heterocycles. The van der Waals surface area contributed by atoms with E-state index in [9.17, 15) is 13.2 Å². The molecule has 1 N–H and O–H groups in total. The maximum Gasteiger partial charge on any atom is 0.396 e. The van der Waals surface area contributed by atoms with Crippen LogP contribution in [0.25, 0.3) is 0 Å². The van der Waals surface area contributed by atoms with E-state index in [0.29, 0.717) is 12.5 Å². The van der Waals surface area contributed by atoms with Crippen molar-refractivity contribution < 1.29 is 13.2 Å². The zero-order valence-corrected chi connectivity index (χ0v) is 15.0. The van der Waals surface area contributed by atoms with E-state index in [1.807, 2.05) is 30.3 Å². The average molecular weight is 427 g/mol. The van der Waals surface area contributed by atoms with Crippen molar-refractivity contribution in [3.05, 3.63) is 35.9 Å². The Morgan fingerprint density at radius 2 is 1.82 bits per heavy atom. The van der Waals surface area contributed by atoms with Crippen molar-refractivity contribution in [1.29, 1.82) is 0 Å². The fourth-order valence-corrected chi connectivity index (χ4v) is 2.06. The number of alkyl halides is 3. The van der Waals surface area contributed by atoms with Crippen LogP contribution >= 0.6 is 24.0 Å². The summed E-state index contributed by atoms with van der Waals surface area (Å²) in [4.78, 5) is 6.07. The van der Waals surface area contributed by atoms with Gasteiger partial charge >= 0.3 is 6.18 Å². The second kappa shape index (κ2) is 7.52. The Labute approximate surface area is 146 Å². The van der Waals surface area contributed by atoms with Crippen molar-refractivity contribution in [2.75, 3.05) is 20.6 Å². The number of hydrogen-bond acceptors (Lipinski definition) is 1. The van der Waals surface area contributed by atoms with Crippen LogP contribution in [0.5, 0.6) is 0 Å². The summed E-state index contributed by atoms with van der Waals surface area (Å²) in [6, 6.07) is 9.62. The van der Waals surface area contributed by atoms with Gasteiger partial charge in [-0.05, 0) is 18.4 Å². The Bertz CT molecular complexity index is 497. The summed E-state index contributed by atoms with van der Waals surface area (Å²) >= 11 is 0. The van der Waals surface area contributed by atoms with Gasteiger partial charge < -0.3 is 10.2 Å². The second-order valence-corrected chi connectivity index (χ2v) is 5.65. The number of rotatable bonds is 4. The molecule has 22 heavy (non-hydrogen) atoms. The molecule has 3 nitrogen and oxygen atoms in total. The molecule has 1 aromatic carbocycles. The van der Waals surface area contributed by atoms with Crippen LogP contribution in [0.1, 0.15) is 18.4 Å². The number of guanidine groups is 1. The molecule has 0 unspecified atom stereocenters. The third-order valence-corrected chi connectivity index (χ3v) is 3.72. The van der Waals surface area contributed by atoms with Crippen LogP contribution in [-0.4, -0.2) is 37.7 Å². The molecule has 0 aliphatic heterocycles. The lowest BCUT2D eigenvalue weighted by atomic mass is 10.1. The first kappa shape index (κ1) is 19.1. The average Bonchev–Trinajstić information content (AvgIpc) is 3.20. The van der Waals surface area contributed by atoms with Crippen molar-refractivity contribution in [1.82, 2.24) is 10.2 Å². The van der Waals surface area contributed by atoms with Crippen LogP contribution < -0.4 is 5.32 Å². The van der Waals surface area contributed by atoms with Crippen LogP contribution in [0.4, 0.5) is 13.2 Å². The van der Waals surface area contributed by atoms with E-state index in [2.05, 4.69) is 10.3 Å². The standard InChI is InChI=1S/C15H20F3N3.HI/c1-21(2)13(19-10-12-6-4-3-5-7-12)20-11-14(8-9-14)15(16,17)18;/h3-7H,8-11H2,1-2H3,(H,19,20);1H. The summed E-state index contributed by atoms with van der Waals surface area (Å²) in [6.45, 7) is 0.336. The van der Waals surface area contributed by atoms with Gasteiger partial charge in [0.15, 0.2) is 5.96 Å². The van der Waals surface area contributed by atoms with Gasteiger partial charge in [-0.2, -0.15) is 13.2 Å². The highest BCUT2D eigenvalue weighted by molar-refractivity contribution is 14.0. The minimum absolute atomic E-state index is 0. The zero-order chi connectivity index (χ0) is 15.5. The Hall–Kier alpha value is -0.990. The number of benzene rings is 1. The molecule has 0 amide bonds. The maximum atomic E-state index is 12.9. The smallest absolute Gasteiger partial charge is 0.355 e. The van der Waals surface area contributed by atoms with Crippen LogP contribution in [-0.2, 0) is 6.54 Å². The molecule has 1 aliphatic carbocycles. The first-order chi connectivity index (χ1) is 9.84. The molecule has 0 atom stereocenters. The lowest BCUT2D eigenvalue weighted by Crippen LogP contribution is -2.43. The molecule has 0 spiro atoms. The number of nitrogens with zero attached hydrogens (tertiary/aromatic N) is 2. The predicted molar refractivity (Wildman–Crippen MR) is 92.4 cm³/mol. The molecule has 0 saturated heterocycles. The summed E-state index contributed by atoms with van der Waals surface area (Å²) in [5.41, 5.74) is -0.535. The highest BCUT2D eigenvalue weighted by atomic mass is 127. The topological polar surface area (TPSA) is 27.6 Å². The van der Waals surface area contributed by atoms with E-state index in [0.717, 1.165) is 5.56 Å². The van der Waals surface area contributed by atoms with E-state index in [4.69, 9.17) is 0 Å². The molecule has 1 saturated carbocycles. The summed E-state index contributed by atoms with van der Waals surface area (Å²) < 4.78 is 38.7. The van der Waals surface area contributed by atoms with E-state index in [1.54, 1.807) is 19.0 Å². The number of nitrogens with one attached hydrogen (secondary N) is 1. The van der Waals surface area contributed by atoms with Crippen LogP contribution in [0.2, 0.25) is 0 Å². The molecule has 1 fully saturated rings. The zero-order valence-electron chi connectivity index (χ0n) is 12.7. The third kappa shape index (κ3) is 4.76.